The van der Waals surface area contributed by atoms with Crippen LogP contribution in [0.5, 0.6) is 5.75 Å². The predicted octanol–water partition coefficient (Wildman–Crippen LogP) is 2.77. The number of aryl methyl sites for hydroxylation is 1. The van der Waals surface area contributed by atoms with Gasteiger partial charge in [-0.05, 0) is 25.5 Å². The average Bonchev–Trinajstić information content (AvgIpc) is 2.39. The van der Waals surface area contributed by atoms with Crippen LogP contribution in [0.4, 0.5) is 0 Å². The molecule has 0 spiro atoms. The van der Waals surface area contributed by atoms with Crippen molar-refractivity contribution in [2.75, 3.05) is 19.4 Å². The second kappa shape index (κ2) is 7.00. The number of aromatic nitrogens is 1. The molecule has 1 aromatic heterocycles. The van der Waals surface area contributed by atoms with Gasteiger partial charge in [-0.15, -0.1) is 0 Å². The first-order valence-corrected chi connectivity index (χ1v) is 7.66. The molecule has 0 bridgehead atoms. The molecular formula is C14H22N2OS. The first-order chi connectivity index (χ1) is 8.78. The van der Waals surface area contributed by atoms with Gasteiger partial charge in [-0.3, -0.25) is 4.98 Å². The fourth-order valence-corrected chi connectivity index (χ4v) is 3.51. The van der Waals surface area contributed by atoms with Gasteiger partial charge in [0.25, 0.3) is 0 Å². The van der Waals surface area contributed by atoms with Crippen LogP contribution in [0.15, 0.2) is 12.1 Å². The van der Waals surface area contributed by atoms with Crippen molar-refractivity contribution in [1.82, 2.24) is 10.3 Å². The van der Waals surface area contributed by atoms with Gasteiger partial charge >= 0.3 is 0 Å². The van der Waals surface area contributed by atoms with Crippen LogP contribution in [0, 0.1) is 6.92 Å². The summed E-state index contributed by atoms with van der Waals surface area (Å²) in [5, 5.41) is 4.29. The Morgan fingerprint density at radius 2 is 2.33 bits per heavy atom. The minimum absolute atomic E-state index is 0.783. The molecule has 4 heteroatoms. The topological polar surface area (TPSA) is 34.1 Å². The van der Waals surface area contributed by atoms with E-state index in [1.54, 1.807) is 7.11 Å². The second-order valence-corrected chi connectivity index (χ2v) is 6.17. The van der Waals surface area contributed by atoms with Crippen LogP contribution in [0.2, 0.25) is 0 Å². The van der Waals surface area contributed by atoms with Gasteiger partial charge in [0.05, 0.1) is 12.8 Å². The number of pyridine rings is 1. The molecule has 1 saturated heterocycles. The minimum atomic E-state index is 0.783. The largest absolute Gasteiger partial charge is 0.497 e. The molecule has 100 valence electrons. The summed E-state index contributed by atoms with van der Waals surface area (Å²) in [6, 6.07) is 3.97. The molecule has 1 unspecified atom stereocenters. The lowest BCUT2D eigenvalue weighted by Crippen LogP contribution is -2.26. The van der Waals surface area contributed by atoms with E-state index >= 15 is 0 Å². The number of hydrogen-bond donors (Lipinski definition) is 1. The average molecular weight is 266 g/mol. The normalized spacial score (nSPS) is 19.8. The van der Waals surface area contributed by atoms with Crippen molar-refractivity contribution in [2.24, 2.45) is 0 Å². The number of methoxy groups -OCH3 is 1. The summed E-state index contributed by atoms with van der Waals surface area (Å²) < 4.78 is 5.26. The zero-order valence-electron chi connectivity index (χ0n) is 11.2. The molecule has 1 aliphatic rings. The first-order valence-electron chi connectivity index (χ1n) is 6.62. The third-order valence-corrected chi connectivity index (χ3v) is 4.57. The highest BCUT2D eigenvalue weighted by molar-refractivity contribution is 7.99. The lowest BCUT2D eigenvalue weighted by Gasteiger charge is -2.21. The number of rotatable bonds is 5. The third-order valence-electron chi connectivity index (χ3n) is 3.17. The van der Waals surface area contributed by atoms with E-state index < -0.39 is 0 Å². The van der Waals surface area contributed by atoms with E-state index in [9.17, 15) is 0 Å². The smallest absolute Gasteiger partial charge is 0.122 e. The summed E-state index contributed by atoms with van der Waals surface area (Å²) in [5.74, 6) is 2.22. The lowest BCUT2D eigenvalue weighted by atomic mass is 10.2. The van der Waals surface area contributed by atoms with Gasteiger partial charge in [0.1, 0.15) is 5.75 Å². The van der Waals surface area contributed by atoms with Gasteiger partial charge in [-0.25, -0.2) is 0 Å². The van der Waals surface area contributed by atoms with Crippen molar-refractivity contribution in [3.05, 3.63) is 23.5 Å². The Bertz CT molecular complexity index is 378. The van der Waals surface area contributed by atoms with Crippen LogP contribution in [0.25, 0.3) is 0 Å². The van der Waals surface area contributed by atoms with Crippen LogP contribution in [0.3, 0.4) is 0 Å². The Kier molecular flexibility index (Phi) is 5.32. The molecule has 0 saturated carbocycles. The lowest BCUT2D eigenvalue weighted by molar-refractivity contribution is 0.412. The Morgan fingerprint density at radius 1 is 1.44 bits per heavy atom. The highest BCUT2D eigenvalue weighted by atomic mass is 32.2. The molecule has 1 fully saturated rings. The van der Waals surface area contributed by atoms with Crippen molar-refractivity contribution in [3.8, 4) is 5.75 Å². The summed E-state index contributed by atoms with van der Waals surface area (Å²) in [5.41, 5.74) is 2.07. The third kappa shape index (κ3) is 4.18. The standard InChI is InChI=1S/C14H22N2OS/c1-11-7-13(17-2)8-12(16-11)9-15-10-14-5-3-4-6-18-14/h7-8,14-15H,3-6,9-10H2,1-2H3. The van der Waals surface area contributed by atoms with Gasteiger partial charge in [-0.2, -0.15) is 11.8 Å². The summed E-state index contributed by atoms with van der Waals surface area (Å²) >= 11 is 2.10. The maximum absolute atomic E-state index is 5.26. The fraction of sp³-hybridized carbons (Fsp3) is 0.643. The van der Waals surface area contributed by atoms with E-state index in [2.05, 4.69) is 22.1 Å². The van der Waals surface area contributed by atoms with Crippen molar-refractivity contribution < 1.29 is 4.74 Å². The Morgan fingerprint density at radius 3 is 3.06 bits per heavy atom. The summed E-state index contributed by atoms with van der Waals surface area (Å²) in [6.45, 7) is 3.92. The summed E-state index contributed by atoms with van der Waals surface area (Å²) in [4.78, 5) is 4.52. The summed E-state index contributed by atoms with van der Waals surface area (Å²) in [7, 11) is 1.70. The van der Waals surface area contributed by atoms with Crippen LogP contribution < -0.4 is 10.1 Å². The zero-order chi connectivity index (χ0) is 12.8. The zero-order valence-corrected chi connectivity index (χ0v) is 12.1. The van der Waals surface area contributed by atoms with Gasteiger partial charge < -0.3 is 10.1 Å². The number of nitrogens with zero attached hydrogens (tertiary/aromatic N) is 1. The monoisotopic (exact) mass is 266 g/mol. The van der Waals surface area contributed by atoms with Crippen LogP contribution in [-0.4, -0.2) is 29.6 Å². The molecular weight excluding hydrogens is 244 g/mol. The minimum Gasteiger partial charge on any atom is -0.497 e. The summed E-state index contributed by atoms with van der Waals surface area (Å²) in [6.07, 6.45) is 4.12. The number of nitrogens with one attached hydrogen (secondary N) is 1. The highest BCUT2D eigenvalue weighted by Gasteiger charge is 2.13. The van der Waals surface area contributed by atoms with Crippen LogP contribution in [-0.2, 0) is 6.54 Å². The first kappa shape index (κ1) is 13.7. The van der Waals surface area contributed by atoms with E-state index in [0.29, 0.717) is 0 Å². The van der Waals surface area contributed by atoms with Gasteiger partial charge in [-0.1, -0.05) is 6.42 Å². The molecule has 3 nitrogen and oxygen atoms in total. The van der Waals surface area contributed by atoms with Crippen molar-refractivity contribution >= 4 is 11.8 Å². The quantitative estimate of drug-likeness (QED) is 0.888. The number of hydrogen-bond acceptors (Lipinski definition) is 4. The van der Waals surface area contributed by atoms with E-state index in [4.69, 9.17) is 4.74 Å². The van der Waals surface area contributed by atoms with E-state index in [1.807, 2.05) is 19.1 Å². The van der Waals surface area contributed by atoms with Crippen molar-refractivity contribution in [3.63, 3.8) is 0 Å². The second-order valence-electron chi connectivity index (χ2n) is 4.76. The molecule has 0 aromatic carbocycles. The van der Waals surface area contributed by atoms with E-state index in [0.717, 1.165) is 35.5 Å². The molecule has 2 heterocycles. The van der Waals surface area contributed by atoms with Crippen molar-refractivity contribution in [1.29, 1.82) is 0 Å². The number of ether oxygens (including phenoxy) is 1. The van der Waals surface area contributed by atoms with Gasteiger partial charge in [0.15, 0.2) is 0 Å². The molecule has 1 N–H and O–H groups in total. The molecule has 2 rings (SSSR count). The Balaban J connectivity index is 1.80. The predicted molar refractivity (Wildman–Crippen MR) is 77.3 cm³/mol. The Hall–Kier alpha value is -0.740. The van der Waals surface area contributed by atoms with Gasteiger partial charge in [0.2, 0.25) is 0 Å². The maximum atomic E-state index is 5.26. The molecule has 1 aromatic rings. The maximum Gasteiger partial charge on any atom is 0.122 e. The highest BCUT2D eigenvalue weighted by Crippen LogP contribution is 2.24. The number of thioether (sulfide) groups is 1. The molecule has 1 aliphatic heterocycles. The fourth-order valence-electron chi connectivity index (χ4n) is 2.24. The SMILES string of the molecule is COc1cc(C)nc(CNCC2CCCCS2)c1. The van der Waals surface area contributed by atoms with E-state index in [1.165, 1.54) is 25.0 Å². The molecule has 0 amide bonds. The molecule has 18 heavy (non-hydrogen) atoms. The molecule has 0 aliphatic carbocycles. The van der Waals surface area contributed by atoms with Crippen molar-refractivity contribution in [2.45, 2.75) is 38.0 Å². The Labute approximate surface area is 114 Å². The van der Waals surface area contributed by atoms with E-state index in [-0.39, 0.29) is 0 Å². The van der Waals surface area contributed by atoms with Gasteiger partial charge in [0, 0.05) is 36.2 Å². The molecule has 0 radical (unpaired) electrons. The van der Waals surface area contributed by atoms with Crippen LogP contribution in [0.1, 0.15) is 30.7 Å². The van der Waals surface area contributed by atoms with Crippen LogP contribution >= 0.6 is 11.8 Å². The molecule has 1 atom stereocenters.